The molecule has 2 heterocycles. The van der Waals surface area contributed by atoms with E-state index >= 15 is 0 Å². The first-order chi connectivity index (χ1) is 9.65. The molecule has 2 aliphatic rings. The number of hydrogen-bond donors (Lipinski definition) is 0. The lowest BCUT2D eigenvalue weighted by Gasteiger charge is -2.07. The van der Waals surface area contributed by atoms with E-state index in [-0.39, 0.29) is 4.74 Å². The third-order valence-electron chi connectivity index (χ3n) is 2.92. The Labute approximate surface area is 118 Å². The molecule has 1 aromatic rings. The van der Waals surface area contributed by atoms with Gasteiger partial charge in [0.05, 0.1) is 30.3 Å². The standard InChI is InChI=1S/C14H11NO4S/c1-18-10-4-2-9(3-5-10)7-15-8-12-11(14(17)19-15)6-13(16)20-12/h2-6,8H,7H2,1H3. The first-order valence-electron chi connectivity index (χ1n) is 5.93. The van der Waals surface area contributed by atoms with Crippen molar-refractivity contribution in [2.24, 2.45) is 0 Å². The van der Waals surface area contributed by atoms with Gasteiger partial charge in [0.1, 0.15) is 5.75 Å². The summed E-state index contributed by atoms with van der Waals surface area (Å²) in [6, 6.07) is 8.78. The highest BCUT2D eigenvalue weighted by molar-refractivity contribution is 7.13. The van der Waals surface area contributed by atoms with E-state index < -0.39 is 5.63 Å². The van der Waals surface area contributed by atoms with Gasteiger partial charge >= 0.3 is 5.63 Å². The van der Waals surface area contributed by atoms with Crippen LogP contribution in [0.5, 0.6) is 5.75 Å². The molecule has 20 heavy (non-hydrogen) atoms. The van der Waals surface area contributed by atoms with Crippen LogP contribution in [-0.4, -0.2) is 11.8 Å². The Morgan fingerprint density at radius 3 is 2.70 bits per heavy atom. The molecule has 0 aromatic heterocycles. The van der Waals surface area contributed by atoms with E-state index in [1.165, 1.54) is 10.8 Å². The zero-order chi connectivity index (χ0) is 14.1. The molecule has 1 aromatic carbocycles. The van der Waals surface area contributed by atoms with Crippen molar-refractivity contribution in [1.29, 1.82) is 0 Å². The van der Waals surface area contributed by atoms with Crippen LogP contribution in [0.1, 0.15) is 5.56 Å². The second kappa shape index (κ2) is 4.97. The molecule has 0 atom stereocenters. The normalized spacial score (nSPS) is 10.8. The van der Waals surface area contributed by atoms with Crippen molar-refractivity contribution in [2.75, 3.05) is 7.11 Å². The third kappa shape index (κ3) is 2.37. The van der Waals surface area contributed by atoms with Crippen LogP contribution in [0.15, 0.2) is 50.6 Å². The monoisotopic (exact) mass is 289 g/mol. The molecule has 3 rings (SSSR count). The smallest absolute Gasteiger partial charge is 0.364 e. The van der Waals surface area contributed by atoms with Crippen molar-refractivity contribution in [3.8, 4) is 16.2 Å². The van der Waals surface area contributed by atoms with Gasteiger partial charge in [-0.1, -0.05) is 23.5 Å². The number of hydrogen-bond acceptors (Lipinski definition) is 5. The Balaban J connectivity index is 1.96. The quantitative estimate of drug-likeness (QED) is 0.740. The van der Waals surface area contributed by atoms with E-state index in [1.54, 1.807) is 13.3 Å². The zero-order valence-corrected chi connectivity index (χ0v) is 11.5. The average molecular weight is 289 g/mol. The van der Waals surface area contributed by atoms with Gasteiger partial charge in [-0.25, -0.2) is 9.53 Å². The molecule has 0 radical (unpaired) electrons. The fourth-order valence-corrected chi connectivity index (χ4v) is 2.75. The summed E-state index contributed by atoms with van der Waals surface area (Å²) in [6.07, 6.45) is 1.67. The number of thiophene rings is 1. The van der Waals surface area contributed by atoms with Crippen molar-refractivity contribution in [1.82, 2.24) is 4.74 Å². The first kappa shape index (κ1) is 12.7. The van der Waals surface area contributed by atoms with Crippen LogP contribution in [0.2, 0.25) is 0 Å². The number of methoxy groups -OCH3 is 1. The number of rotatable bonds is 3. The molecule has 0 unspecified atom stereocenters. The Bertz CT molecular complexity index is 812. The van der Waals surface area contributed by atoms with Gasteiger partial charge in [0.15, 0.2) is 0 Å². The summed E-state index contributed by atoms with van der Waals surface area (Å²) in [5, 5.41) is 0. The topological polar surface area (TPSA) is 61.4 Å². The second-order valence-corrected chi connectivity index (χ2v) is 5.32. The van der Waals surface area contributed by atoms with Gasteiger partial charge in [-0.3, -0.25) is 4.79 Å². The van der Waals surface area contributed by atoms with Gasteiger partial charge in [0, 0.05) is 6.07 Å². The van der Waals surface area contributed by atoms with Crippen LogP contribution < -0.4 is 15.1 Å². The highest BCUT2D eigenvalue weighted by Crippen LogP contribution is 2.20. The lowest BCUT2D eigenvalue weighted by Crippen LogP contribution is -2.11. The highest BCUT2D eigenvalue weighted by atomic mass is 32.1. The summed E-state index contributed by atoms with van der Waals surface area (Å²) in [5.41, 5.74) is 0.817. The van der Waals surface area contributed by atoms with Crippen molar-refractivity contribution < 1.29 is 9.26 Å². The molecule has 0 bridgehead atoms. The summed E-state index contributed by atoms with van der Waals surface area (Å²) in [6.45, 7) is 0.418. The number of fused-ring (bicyclic) bond motifs is 1. The Hall–Kier alpha value is -2.34. The molecule has 102 valence electrons. The highest BCUT2D eigenvalue weighted by Gasteiger charge is 2.13. The molecule has 6 heteroatoms. The fraction of sp³-hybridized carbons (Fsp3) is 0.143. The van der Waals surface area contributed by atoms with Gasteiger partial charge in [-0.15, -0.1) is 0 Å². The maximum atomic E-state index is 11.8. The molecular formula is C14H11NO4S. The van der Waals surface area contributed by atoms with Crippen LogP contribution >= 0.6 is 11.3 Å². The van der Waals surface area contributed by atoms with E-state index in [0.29, 0.717) is 17.0 Å². The van der Waals surface area contributed by atoms with Gasteiger partial charge in [0.25, 0.3) is 0 Å². The molecule has 0 N–H and O–H groups in total. The molecule has 5 nitrogen and oxygen atoms in total. The van der Waals surface area contributed by atoms with Crippen LogP contribution in [-0.2, 0) is 6.54 Å². The van der Waals surface area contributed by atoms with E-state index in [0.717, 1.165) is 22.6 Å². The summed E-state index contributed by atoms with van der Waals surface area (Å²) in [7, 11) is 1.61. The lowest BCUT2D eigenvalue weighted by molar-refractivity contribution is 0.248. The summed E-state index contributed by atoms with van der Waals surface area (Å²) in [5.74, 6) is 0.768. The van der Waals surface area contributed by atoms with Gasteiger partial charge < -0.3 is 9.26 Å². The summed E-state index contributed by atoms with van der Waals surface area (Å²) in [4.78, 5) is 23.7. The summed E-state index contributed by atoms with van der Waals surface area (Å²) >= 11 is 1.04. The van der Waals surface area contributed by atoms with Gasteiger partial charge in [0.2, 0.25) is 4.74 Å². The Morgan fingerprint density at radius 2 is 2.00 bits per heavy atom. The minimum atomic E-state index is -0.491. The van der Waals surface area contributed by atoms with Crippen LogP contribution in [0.4, 0.5) is 0 Å². The molecule has 0 aliphatic carbocycles. The predicted molar refractivity (Wildman–Crippen MR) is 75.8 cm³/mol. The first-order valence-corrected chi connectivity index (χ1v) is 6.75. The van der Waals surface area contributed by atoms with Gasteiger partial charge in [-0.05, 0) is 17.7 Å². The minimum Gasteiger partial charge on any atom is -0.497 e. The molecule has 0 amide bonds. The van der Waals surface area contributed by atoms with Crippen molar-refractivity contribution in [3.05, 3.63) is 62.0 Å². The zero-order valence-electron chi connectivity index (χ0n) is 10.7. The van der Waals surface area contributed by atoms with Crippen LogP contribution in [0.3, 0.4) is 0 Å². The SMILES string of the molecule is COc1ccc(Cn2cc3sc(=O)cc-3c(=O)o2)cc1. The van der Waals surface area contributed by atoms with Crippen LogP contribution in [0, 0.1) is 0 Å². The lowest BCUT2D eigenvalue weighted by atomic mass is 10.2. The average Bonchev–Trinajstić information content (AvgIpc) is 2.81. The number of ether oxygens (including phenoxy) is 1. The van der Waals surface area contributed by atoms with E-state index in [9.17, 15) is 9.59 Å². The molecule has 0 saturated carbocycles. The molecule has 0 spiro atoms. The van der Waals surface area contributed by atoms with Crippen molar-refractivity contribution in [3.63, 3.8) is 0 Å². The largest absolute Gasteiger partial charge is 0.497 e. The third-order valence-corrected chi connectivity index (χ3v) is 3.78. The Kier molecular flexibility index (Phi) is 3.15. The van der Waals surface area contributed by atoms with E-state index in [1.807, 2.05) is 24.3 Å². The van der Waals surface area contributed by atoms with E-state index in [2.05, 4.69) is 0 Å². The maximum Gasteiger partial charge on any atom is 0.364 e. The molecule has 0 fully saturated rings. The molecule has 0 saturated heterocycles. The van der Waals surface area contributed by atoms with E-state index in [4.69, 9.17) is 9.26 Å². The summed E-state index contributed by atoms with van der Waals surface area (Å²) < 4.78 is 11.5. The Morgan fingerprint density at radius 1 is 1.25 bits per heavy atom. The molecular weight excluding hydrogens is 278 g/mol. The predicted octanol–water partition coefficient (Wildman–Crippen LogP) is 2.02. The van der Waals surface area contributed by atoms with Crippen LogP contribution in [0.25, 0.3) is 10.4 Å². The second-order valence-electron chi connectivity index (χ2n) is 4.27. The number of nitrogens with zero attached hydrogens (tertiary/aromatic N) is 1. The minimum absolute atomic E-state index is 0.144. The maximum absolute atomic E-state index is 11.8. The number of aromatic nitrogens is 1. The number of benzene rings is 1. The van der Waals surface area contributed by atoms with Crippen molar-refractivity contribution >= 4 is 11.3 Å². The van der Waals surface area contributed by atoms with Gasteiger partial charge in [-0.2, -0.15) is 0 Å². The fourth-order valence-electron chi connectivity index (χ4n) is 1.94. The van der Waals surface area contributed by atoms with Crippen molar-refractivity contribution in [2.45, 2.75) is 6.54 Å². The molecule has 2 aliphatic heterocycles.